The van der Waals surface area contributed by atoms with E-state index in [9.17, 15) is 4.79 Å². The minimum Gasteiger partial charge on any atom is -0.355 e. The van der Waals surface area contributed by atoms with E-state index in [4.69, 9.17) is 0 Å². The van der Waals surface area contributed by atoms with Crippen molar-refractivity contribution in [2.45, 2.75) is 32.2 Å². The monoisotopic (exact) mass is 393 g/mol. The molecule has 1 saturated carbocycles. The molecule has 1 aliphatic carbocycles. The Kier molecular flexibility index (Phi) is 6.86. The van der Waals surface area contributed by atoms with Crippen molar-refractivity contribution in [3.05, 3.63) is 54.2 Å². The maximum atomic E-state index is 12.7. The number of aliphatic imine (C=N–C) groups is 1. The first-order valence-electron chi connectivity index (χ1n) is 10.2. The summed E-state index contributed by atoms with van der Waals surface area (Å²) < 4.78 is 0. The zero-order chi connectivity index (χ0) is 20.7. The Balaban J connectivity index is 1.60. The third-order valence-electron chi connectivity index (χ3n) is 5.59. The van der Waals surface area contributed by atoms with Gasteiger partial charge in [-0.05, 0) is 36.6 Å². The number of pyridine rings is 1. The first-order valence-corrected chi connectivity index (χ1v) is 10.2. The smallest absolute Gasteiger partial charge is 0.230 e. The second kappa shape index (κ2) is 9.54. The Morgan fingerprint density at radius 1 is 1.14 bits per heavy atom. The molecule has 1 fully saturated rings. The van der Waals surface area contributed by atoms with Gasteiger partial charge in [0.25, 0.3) is 0 Å². The SMILES string of the molecule is CN=C(NCc1cccc(-c2ccccn2)c1)NCC1(C(=O)N(C)C)CCCC1. The average Bonchev–Trinajstić information content (AvgIpc) is 3.24. The van der Waals surface area contributed by atoms with E-state index in [1.54, 1.807) is 18.1 Å². The lowest BCUT2D eigenvalue weighted by atomic mass is 9.84. The van der Waals surface area contributed by atoms with Crippen molar-refractivity contribution >= 4 is 11.9 Å². The fourth-order valence-corrected chi connectivity index (χ4v) is 4.03. The van der Waals surface area contributed by atoms with Gasteiger partial charge in [-0.15, -0.1) is 0 Å². The molecule has 2 aromatic rings. The Labute approximate surface area is 173 Å². The summed E-state index contributed by atoms with van der Waals surface area (Å²) in [5.41, 5.74) is 2.88. The predicted octanol–water partition coefficient (Wildman–Crippen LogP) is 3.06. The van der Waals surface area contributed by atoms with E-state index < -0.39 is 0 Å². The molecule has 1 aromatic carbocycles. The molecule has 29 heavy (non-hydrogen) atoms. The molecule has 0 atom stereocenters. The van der Waals surface area contributed by atoms with E-state index >= 15 is 0 Å². The third-order valence-corrected chi connectivity index (χ3v) is 5.59. The van der Waals surface area contributed by atoms with E-state index in [2.05, 4.69) is 38.8 Å². The average molecular weight is 394 g/mol. The molecule has 154 valence electrons. The first-order chi connectivity index (χ1) is 14.0. The van der Waals surface area contributed by atoms with Gasteiger partial charge in [0.15, 0.2) is 5.96 Å². The highest BCUT2D eigenvalue weighted by atomic mass is 16.2. The van der Waals surface area contributed by atoms with Crippen LogP contribution >= 0.6 is 0 Å². The largest absolute Gasteiger partial charge is 0.355 e. The van der Waals surface area contributed by atoms with Crippen LogP contribution in [0.25, 0.3) is 11.3 Å². The molecule has 1 aromatic heterocycles. The molecule has 0 unspecified atom stereocenters. The number of rotatable bonds is 6. The predicted molar refractivity (Wildman–Crippen MR) is 117 cm³/mol. The summed E-state index contributed by atoms with van der Waals surface area (Å²) in [6.45, 7) is 1.26. The van der Waals surface area contributed by atoms with Crippen LogP contribution in [0.3, 0.4) is 0 Å². The van der Waals surface area contributed by atoms with Crippen LogP contribution < -0.4 is 10.6 Å². The summed E-state index contributed by atoms with van der Waals surface area (Å²) in [4.78, 5) is 23.2. The molecule has 0 aliphatic heterocycles. The molecule has 1 amide bonds. The lowest BCUT2D eigenvalue weighted by Gasteiger charge is -2.31. The van der Waals surface area contributed by atoms with Crippen LogP contribution in [0.15, 0.2) is 53.7 Å². The zero-order valence-corrected chi connectivity index (χ0v) is 17.6. The van der Waals surface area contributed by atoms with Gasteiger partial charge in [0, 0.05) is 46.0 Å². The molecule has 1 aliphatic rings. The molecule has 6 heteroatoms. The van der Waals surface area contributed by atoms with Crippen LogP contribution in [-0.4, -0.2) is 49.4 Å². The highest BCUT2D eigenvalue weighted by molar-refractivity contribution is 5.85. The Bertz CT molecular complexity index is 841. The first kappa shape index (κ1) is 20.8. The summed E-state index contributed by atoms with van der Waals surface area (Å²) in [5.74, 6) is 0.923. The normalized spacial score (nSPS) is 15.8. The van der Waals surface area contributed by atoms with Gasteiger partial charge in [-0.2, -0.15) is 0 Å². The summed E-state index contributed by atoms with van der Waals surface area (Å²) >= 11 is 0. The van der Waals surface area contributed by atoms with Gasteiger partial charge < -0.3 is 15.5 Å². The fraction of sp³-hybridized carbons (Fsp3) is 0.435. The number of nitrogens with one attached hydrogen (secondary N) is 2. The number of guanidine groups is 1. The van der Waals surface area contributed by atoms with E-state index in [0.29, 0.717) is 19.0 Å². The van der Waals surface area contributed by atoms with Gasteiger partial charge in [-0.25, -0.2) is 0 Å². The van der Waals surface area contributed by atoms with Crippen LogP contribution in [0, 0.1) is 5.41 Å². The third kappa shape index (κ3) is 5.13. The van der Waals surface area contributed by atoms with Gasteiger partial charge in [-0.1, -0.05) is 37.1 Å². The number of aromatic nitrogens is 1. The topological polar surface area (TPSA) is 69.6 Å². The summed E-state index contributed by atoms with van der Waals surface area (Å²) in [6.07, 6.45) is 5.88. The number of benzene rings is 1. The fourth-order valence-electron chi connectivity index (χ4n) is 4.03. The number of carbonyl (C=O) groups excluding carboxylic acids is 1. The highest BCUT2D eigenvalue weighted by Gasteiger charge is 2.42. The minimum absolute atomic E-state index is 0.209. The van der Waals surface area contributed by atoms with Gasteiger partial charge >= 0.3 is 0 Å². The van der Waals surface area contributed by atoms with Crippen molar-refractivity contribution in [1.82, 2.24) is 20.5 Å². The van der Waals surface area contributed by atoms with Crippen molar-refractivity contribution in [3.63, 3.8) is 0 Å². The van der Waals surface area contributed by atoms with Crippen LogP contribution in [0.4, 0.5) is 0 Å². The van der Waals surface area contributed by atoms with Crippen molar-refractivity contribution in [2.75, 3.05) is 27.7 Å². The summed E-state index contributed by atoms with van der Waals surface area (Å²) in [6, 6.07) is 14.2. The quantitative estimate of drug-likeness (QED) is 0.585. The lowest BCUT2D eigenvalue weighted by molar-refractivity contribution is -0.138. The zero-order valence-electron chi connectivity index (χ0n) is 17.6. The molecule has 0 saturated heterocycles. The van der Waals surface area contributed by atoms with E-state index in [1.165, 1.54) is 0 Å². The second-order valence-electron chi connectivity index (χ2n) is 7.88. The van der Waals surface area contributed by atoms with E-state index in [-0.39, 0.29) is 11.3 Å². The van der Waals surface area contributed by atoms with Crippen LogP contribution in [-0.2, 0) is 11.3 Å². The molecule has 0 bridgehead atoms. The van der Waals surface area contributed by atoms with Gasteiger partial charge in [0.05, 0.1) is 11.1 Å². The number of amides is 1. The molecule has 3 rings (SSSR count). The van der Waals surface area contributed by atoms with Gasteiger partial charge in [-0.3, -0.25) is 14.8 Å². The number of carbonyl (C=O) groups is 1. The number of nitrogens with zero attached hydrogens (tertiary/aromatic N) is 3. The van der Waals surface area contributed by atoms with Crippen molar-refractivity contribution < 1.29 is 4.79 Å². The maximum absolute atomic E-state index is 12.7. The molecule has 0 radical (unpaired) electrons. The molecule has 2 N–H and O–H groups in total. The molecular weight excluding hydrogens is 362 g/mol. The molecule has 1 heterocycles. The standard InChI is InChI=1S/C23H31N5O/c1-24-22(27-17-23(12-5-6-13-23)21(29)28(2)3)26-16-18-9-8-10-19(15-18)20-11-4-7-14-25-20/h4,7-11,14-15H,5-6,12-13,16-17H2,1-3H3,(H2,24,26,27). The number of hydrogen-bond acceptors (Lipinski definition) is 3. The van der Waals surface area contributed by atoms with Gasteiger partial charge in [0.2, 0.25) is 5.91 Å². The molecular formula is C23H31N5O. The van der Waals surface area contributed by atoms with Crippen LogP contribution in [0.1, 0.15) is 31.2 Å². The van der Waals surface area contributed by atoms with Crippen molar-refractivity contribution in [1.29, 1.82) is 0 Å². The van der Waals surface area contributed by atoms with Gasteiger partial charge in [0.1, 0.15) is 0 Å². The van der Waals surface area contributed by atoms with E-state index in [1.807, 2.05) is 38.4 Å². The molecule has 0 spiro atoms. The van der Waals surface area contributed by atoms with E-state index in [0.717, 1.165) is 42.5 Å². The van der Waals surface area contributed by atoms with Crippen LogP contribution in [0.2, 0.25) is 0 Å². The maximum Gasteiger partial charge on any atom is 0.230 e. The Morgan fingerprint density at radius 2 is 1.93 bits per heavy atom. The minimum atomic E-state index is -0.319. The number of hydrogen-bond donors (Lipinski definition) is 2. The molecule has 6 nitrogen and oxygen atoms in total. The summed E-state index contributed by atoms with van der Waals surface area (Å²) in [7, 11) is 5.43. The highest BCUT2D eigenvalue weighted by Crippen LogP contribution is 2.38. The van der Waals surface area contributed by atoms with Crippen molar-refractivity contribution in [2.24, 2.45) is 10.4 Å². The second-order valence-corrected chi connectivity index (χ2v) is 7.88. The van der Waals surface area contributed by atoms with Crippen LogP contribution in [0.5, 0.6) is 0 Å². The van der Waals surface area contributed by atoms with Crippen molar-refractivity contribution in [3.8, 4) is 11.3 Å². The Hall–Kier alpha value is -2.89. The summed E-state index contributed by atoms with van der Waals surface area (Å²) in [5, 5.41) is 6.75. The Morgan fingerprint density at radius 3 is 2.59 bits per heavy atom. The lowest BCUT2D eigenvalue weighted by Crippen LogP contribution is -2.49.